The fraction of sp³-hybridized carbons (Fsp3) is 0.588. The number of anilines is 1. The summed E-state index contributed by atoms with van der Waals surface area (Å²) in [5.41, 5.74) is 0.760. The van der Waals surface area contributed by atoms with E-state index in [1.807, 2.05) is 24.3 Å². The van der Waals surface area contributed by atoms with Crippen LogP contribution in [-0.2, 0) is 9.47 Å². The van der Waals surface area contributed by atoms with Gasteiger partial charge < -0.3 is 9.47 Å². The first kappa shape index (κ1) is 13.4. The first-order valence-corrected chi connectivity index (χ1v) is 8.87. The molecule has 5 heteroatoms. The molecule has 0 radical (unpaired) electrons. The zero-order chi connectivity index (χ0) is 14.8. The normalized spacial score (nSPS) is 43.6. The molecule has 22 heavy (non-hydrogen) atoms. The van der Waals surface area contributed by atoms with E-state index < -0.39 is 0 Å². The summed E-state index contributed by atoms with van der Waals surface area (Å²) in [5.74, 6) is 2.74. The Hall–Kier alpha value is -1.07. The minimum atomic E-state index is -0.327. The van der Waals surface area contributed by atoms with Gasteiger partial charge in [-0.25, -0.2) is 4.79 Å². The molecule has 1 heterocycles. The molecule has 4 aliphatic rings. The number of rotatable bonds is 2. The Morgan fingerprint density at radius 1 is 1.27 bits per heavy atom. The number of carbonyl (C=O) groups is 1. The van der Waals surface area contributed by atoms with E-state index in [4.69, 9.17) is 9.47 Å². The molecule has 1 saturated heterocycles. The van der Waals surface area contributed by atoms with Crippen molar-refractivity contribution in [3.63, 3.8) is 0 Å². The van der Waals surface area contributed by atoms with Crippen molar-refractivity contribution >= 4 is 27.7 Å². The smallest absolute Gasteiger partial charge is 0.411 e. The third-order valence-corrected chi connectivity index (χ3v) is 6.50. The summed E-state index contributed by atoms with van der Waals surface area (Å²) in [6, 6.07) is 7.57. The second-order valence-corrected chi connectivity index (χ2v) is 8.01. The number of hydrogen-bond acceptors (Lipinski definition) is 3. The van der Waals surface area contributed by atoms with E-state index in [0.717, 1.165) is 28.4 Å². The Kier molecular flexibility index (Phi) is 2.87. The van der Waals surface area contributed by atoms with Crippen LogP contribution in [0.15, 0.2) is 28.7 Å². The molecule has 3 aliphatic carbocycles. The van der Waals surface area contributed by atoms with Crippen molar-refractivity contribution in [1.29, 1.82) is 0 Å². The van der Waals surface area contributed by atoms with Crippen LogP contribution in [0.25, 0.3) is 0 Å². The van der Waals surface area contributed by atoms with Gasteiger partial charge in [0.25, 0.3) is 0 Å². The Morgan fingerprint density at radius 2 is 2.18 bits per heavy atom. The van der Waals surface area contributed by atoms with E-state index in [9.17, 15) is 4.79 Å². The number of ether oxygens (including phenoxy) is 2. The summed E-state index contributed by atoms with van der Waals surface area (Å²) in [5, 5.41) is 2.83. The molecule has 3 saturated carbocycles. The molecule has 4 fully saturated rings. The topological polar surface area (TPSA) is 50.9 Å². The average molecular weight is 364 g/mol. The van der Waals surface area contributed by atoms with Gasteiger partial charge in [0, 0.05) is 10.2 Å². The minimum Gasteiger partial charge on any atom is -0.446 e. The zero-order valence-electron chi connectivity index (χ0n) is 12.1. The molecule has 1 aliphatic heterocycles. The van der Waals surface area contributed by atoms with Crippen LogP contribution in [-0.4, -0.2) is 24.4 Å². The predicted octanol–water partition coefficient (Wildman–Crippen LogP) is 3.81. The molecule has 1 aromatic rings. The maximum absolute atomic E-state index is 12.1. The molecule has 5 rings (SSSR count). The van der Waals surface area contributed by atoms with Crippen molar-refractivity contribution < 1.29 is 14.3 Å². The van der Waals surface area contributed by atoms with E-state index in [-0.39, 0.29) is 12.2 Å². The number of hydrogen-bond donors (Lipinski definition) is 1. The van der Waals surface area contributed by atoms with Gasteiger partial charge in [0.15, 0.2) is 0 Å². The molecule has 0 spiro atoms. The third-order valence-electron chi connectivity index (χ3n) is 6.01. The third kappa shape index (κ3) is 2.02. The van der Waals surface area contributed by atoms with Crippen molar-refractivity contribution in [2.45, 2.75) is 37.6 Å². The van der Waals surface area contributed by atoms with Gasteiger partial charge in [-0.15, -0.1) is 0 Å². The Labute approximate surface area is 137 Å². The second kappa shape index (κ2) is 4.71. The molecule has 116 valence electrons. The van der Waals surface area contributed by atoms with Crippen LogP contribution in [0.2, 0.25) is 0 Å². The second-order valence-electron chi connectivity index (χ2n) is 7.09. The first-order chi connectivity index (χ1) is 10.7. The molecule has 1 aromatic carbocycles. The fourth-order valence-electron chi connectivity index (χ4n) is 5.25. The molecule has 0 unspecified atom stereocenters. The molecule has 7 atom stereocenters. The quantitative estimate of drug-likeness (QED) is 0.812. The maximum atomic E-state index is 12.1. The van der Waals surface area contributed by atoms with Gasteiger partial charge in [-0.1, -0.05) is 22.0 Å². The lowest BCUT2D eigenvalue weighted by Crippen LogP contribution is -2.35. The van der Waals surface area contributed by atoms with Crippen molar-refractivity contribution in [3.8, 4) is 0 Å². The van der Waals surface area contributed by atoms with Crippen LogP contribution >= 0.6 is 15.9 Å². The molecular formula is C17H18BrNO3. The van der Waals surface area contributed by atoms with Crippen LogP contribution in [0.4, 0.5) is 10.5 Å². The SMILES string of the molecule is O=C(Nc1cccc(Br)c1)O[C@@H]1C[C@H]2C[C@H]1[C@@H]1C[C@@H]3O[C@@H]3[C@@H]21. The minimum absolute atomic E-state index is 0.0934. The van der Waals surface area contributed by atoms with Gasteiger partial charge in [-0.2, -0.15) is 0 Å². The largest absolute Gasteiger partial charge is 0.446 e. The number of carbonyl (C=O) groups excluding carboxylic acids is 1. The van der Waals surface area contributed by atoms with Gasteiger partial charge in [0.2, 0.25) is 0 Å². The highest BCUT2D eigenvalue weighted by Crippen LogP contribution is 2.64. The van der Waals surface area contributed by atoms with E-state index in [1.54, 1.807) is 0 Å². The summed E-state index contributed by atoms with van der Waals surface area (Å²) in [6.07, 6.45) is 4.25. The molecule has 1 amide bonds. The number of benzene rings is 1. The average Bonchev–Trinajstić information content (AvgIpc) is 2.82. The van der Waals surface area contributed by atoms with Gasteiger partial charge in [-0.05, 0) is 61.1 Å². The van der Waals surface area contributed by atoms with E-state index >= 15 is 0 Å². The summed E-state index contributed by atoms with van der Waals surface area (Å²) < 4.78 is 12.4. The maximum Gasteiger partial charge on any atom is 0.411 e. The van der Waals surface area contributed by atoms with Crippen molar-refractivity contribution in [3.05, 3.63) is 28.7 Å². The van der Waals surface area contributed by atoms with Crippen LogP contribution in [0, 0.1) is 23.7 Å². The van der Waals surface area contributed by atoms with Gasteiger partial charge in [0.05, 0.1) is 12.2 Å². The summed E-state index contributed by atoms with van der Waals surface area (Å²) >= 11 is 3.40. The Morgan fingerprint density at radius 3 is 3.05 bits per heavy atom. The highest BCUT2D eigenvalue weighted by atomic mass is 79.9. The molecule has 4 nitrogen and oxygen atoms in total. The Balaban J connectivity index is 1.23. The van der Waals surface area contributed by atoms with Crippen molar-refractivity contribution in [2.75, 3.05) is 5.32 Å². The Bertz CT molecular complexity index is 636. The highest BCUT2D eigenvalue weighted by molar-refractivity contribution is 9.10. The van der Waals surface area contributed by atoms with Crippen LogP contribution < -0.4 is 5.32 Å². The van der Waals surface area contributed by atoms with Gasteiger partial charge in [-0.3, -0.25) is 5.32 Å². The lowest BCUT2D eigenvalue weighted by molar-refractivity contribution is 0.0251. The molecular weight excluding hydrogens is 346 g/mol. The summed E-state index contributed by atoms with van der Waals surface area (Å²) in [7, 11) is 0. The highest BCUT2D eigenvalue weighted by Gasteiger charge is 2.67. The lowest BCUT2D eigenvalue weighted by Gasteiger charge is -2.32. The van der Waals surface area contributed by atoms with E-state index in [2.05, 4.69) is 21.2 Å². The first-order valence-electron chi connectivity index (χ1n) is 8.08. The predicted molar refractivity (Wildman–Crippen MR) is 84.5 cm³/mol. The molecule has 1 N–H and O–H groups in total. The fourth-order valence-corrected chi connectivity index (χ4v) is 5.65. The van der Waals surface area contributed by atoms with Gasteiger partial charge >= 0.3 is 6.09 Å². The van der Waals surface area contributed by atoms with Crippen LogP contribution in [0.1, 0.15) is 19.3 Å². The molecule has 0 aromatic heterocycles. The standard InChI is InChI=1S/C17H18BrNO3/c18-9-2-1-3-10(6-9)19-17(20)22-13-5-8-4-11(13)12-7-14-16(21-14)15(8)12/h1-3,6,8,11-16H,4-5,7H2,(H,19,20)/t8-,11+,12+,13-,14+,15+,16+/m1/s1. The number of epoxide rings is 1. The summed E-state index contributed by atoms with van der Waals surface area (Å²) in [6.45, 7) is 0. The number of fused-ring (bicyclic) bond motifs is 7. The van der Waals surface area contributed by atoms with Gasteiger partial charge in [0.1, 0.15) is 6.10 Å². The molecule has 2 bridgehead atoms. The van der Waals surface area contributed by atoms with E-state index in [1.165, 1.54) is 12.8 Å². The van der Waals surface area contributed by atoms with Crippen molar-refractivity contribution in [1.82, 2.24) is 0 Å². The number of halogens is 1. The van der Waals surface area contributed by atoms with Crippen molar-refractivity contribution in [2.24, 2.45) is 23.7 Å². The number of amides is 1. The number of nitrogens with one attached hydrogen (secondary N) is 1. The van der Waals surface area contributed by atoms with Crippen LogP contribution in [0.5, 0.6) is 0 Å². The van der Waals surface area contributed by atoms with E-state index in [0.29, 0.717) is 24.0 Å². The summed E-state index contributed by atoms with van der Waals surface area (Å²) in [4.78, 5) is 12.1. The monoisotopic (exact) mass is 363 g/mol. The van der Waals surface area contributed by atoms with Crippen LogP contribution in [0.3, 0.4) is 0 Å². The lowest BCUT2D eigenvalue weighted by atomic mass is 9.79. The zero-order valence-corrected chi connectivity index (χ0v) is 13.7.